The number of aromatic carboxylic acids is 1. The normalized spacial score (nSPS) is 10.5. The first-order valence-corrected chi connectivity index (χ1v) is 6.86. The van der Waals surface area contributed by atoms with Gasteiger partial charge in [0, 0.05) is 0 Å². The second kappa shape index (κ2) is 7.74. The number of carbonyl (C=O) groups is 2. The molecule has 1 amide bonds. The summed E-state index contributed by atoms with van der Waals surface area (Å²) in [6.07, 6.45) is 1.66. The van der Waals surface area contributed by atoms with Gasteiger partial charge in [0.05, 0.1) is 25.3 Å². The first kappa shape index (κ1) is 16.2. The number of ether oxygens (including phenoxy) is 1. The average molecular weight is 312 g/mol. The number of carbonyl (C=O) groups excluding carboxylic acids is 1. The molecule has 0 saturated carbocycles. The van der Waals surface area contributed by atoms with Gasteiger partial charge in [0.2, 0.25) is 5.91 Å². The minimum absolute atomic E-state index is 0.200. The van der Waals surface area contributed by atoms with E-state index in [1.54, 1.807) is 31.4 Å². The zero-order valence-corrected chi connectivity index (χ0v) is 12.5. The van der Waals surface area contributed by atoms with Gasteiger partial charge >= 0.3 is 5.97 Å². The lowest BCUT2D eigenvalue weighted by Gasteiger charge is -2.02. The molecule has 6 heteroatoms. The molecule has 2 aromatic carbocycles. The van der Waals surface area contributed by atoms with Crippen molar-refractivity contribution in [3.63, 3.8) is 0 Å². The second-order valence-corrected chi connectivity index (χ2v) is 4.75. The third-order valence-corrected chi connectivity index (χ3v) is 3.08. The number of nitrogens with one attached hydrogen (secondary N) is 1. The monoisotopic (exact) mass is 312 g/mol. The first-order valence-electron chi connectivity index (χ1n) is 6.86. The highest BCUT2D eigenvalue weighted by Crippen LogP contribution is 2.11. The fraction of sp³-hybridized carbons (Fsp3) is 0.118. The molecule has 0 aliphatic carbocycles. The maximum Gasteiger partial charge on any atom is 0.335 e. The molecular weight excluding hydrogens is 296 g/mol. The molecule has 0 atom stereocenters. The van der Waals surface area contributed by atoms with Crippen LogP contribution < -0.4 is 10.2 Å². The molecule has 0 aliphatic rings. The number of amides is 1. The molecule has 0 aromatic heterocycles. The van der Waals surface area contributed by atoms with E-state index in [9.17, 15) is 9.59 Å². The Morgan fingerprint density at radius 3 is 2.35 bits per heavy atom. The van der Waals surface area contributed by atoms with E-state index >= 15 is 0 Å². The molecule has 0 heterocycles. The predicted octanol–water partition coefficient (Wildman–Crippen LogP) is 2.09. The van der Waals surface area contributed by atoms with Crippen molar-refractivity contribution >= 4 is 18.1 Å². The number of carboxylic acids is 1. The van der Waals surface area contributed by atoms with Crippen molar-refractivity contribution in [1.82, 2.24) is 5.43 Å². The van der Waals surface area contributed by atoms with Gasteiger partial charge in [0.25, 0.3) is 0 Å². The first-order chi connectivity index (χ1) is 11.1. The number of hydrogen-bond acceptors (Lipinski definition) is 4. The topological polar surface area (TPSA) is 88.0 Å². The summed E-state index contributed by atoms with van der Waals surface area (Å²) in [5.74, 6) is -0.494. The highest BCUT2D eigenvalue weighted by atomic mass is 16.5. The van der Waals surface area contributed by atoms with Gasteiger partial charge in [-0.05, 0) is 35.4 Å². The lowest BCUT2D eigenvalue weighted by atomic mass is 10.1. The molecular formula is C17H16N2O4. The predicted molar refractivity (Wildman–Crippen MR) is 85.8 cm³/mol. The molecule has 6 nitrogen and oxygen atoms in total. The second-order valence-electron chi connectivity index (χ2n) is 4.75. The van der Waals surface area contributed by atoms with E-state index in [0.29, 0.717) is 5.56 Å². The van der Waals surface area contributed by atoms with Gasteiger partial charge in [-0.25, -0.2) is 10.2 Å². The number of hydrogen-bond donors (Lipinski definition) is 2. The van der Waals surface area contributed by atoms with Gasteiger partial charge in [0.1, 0.15) is 5.75 Å². The van der Waals surface area contributed by atoms with Crippen LogP contribution in [-0.2, 0) is 11.2 Å². The van der Waals surface area contributed by atoms with Crippen LogP contribution in [0, 0.1) is 0 Å². The Morgan fingerprint density at radius 1 is 1.13 bits per heavy atom. The molecule has 2 N–H and O–H groups in total. The Balaban J connectivity index is 1.86. The van der Waals surface area contributed by atoms with Crippen LogP contribution in [0.2, 0.25) is 0 Å². The molecule has 2 rings (SSSR count). The van der Waals surface area contributed by atoms with E-state index in [0.717, 1.165) is 11.3 Å². The minimum atomic E-state index is -0.985. The van der Waals surface area contributed by atoms with Crippen LogP contribution in [-0.4, -0.2) is 30.3 Å². The number of hydrazone groups is 1. The van der Waals surface area contributed by atoms with E-state index in [4.69, 9.17) is 9.84 Å². The van der Waals surface area contributed by atoms with Crippen LogP contribution in [0.25, 0.3) is 0 Å². The Morgan fingerprint density at radius 2 is 1.78 bits per heavy atom. The number of methoxy groups -OCH3 is 1. The van der Waals surface area contributed by atoms with Gasteiger partial charge < -0.3 is 9.84 Å². The smallest absolute Gasteiger partial charge is 0.335 e. The van der Waals surface area contributed by atoms with Crippen molar-refractivity contribution in [3.05, 3.63) is 65.2 Å². The van der Waals surface area contributed by atoms with Crippen molar-refractivity contribution < 1.29 is 19.4 Å². The number of nitrogens with zero attached hydrogens (tertiary/aromatic N) is 1. The van der Waals surface area contributed by atoms with Gasteiger partial charge in [-0.15, -0.1) is 0 Å². The summed E-state index contributed by atoms with van der Waals surface area (Å²) in [5.41, 5.74) is 4.17. The molecule has 2 aromatic rings. The van der Waals surface area contributed by atoms with E-state index in [-0.39, 0.29) is 17.9 Å². The van der Waals surface area contributed by atoms with E-state index in [2.05, 4.69) is 10.5 Å². The van der Waals surface area contributed by atoms with Crippen molar-refractivity contribution in [2.75, 3.05) is 7.11 Å². The summed E-state index contributed by atoms with van der Waals surface area (Å²) < 4.78 is 5.05. The lowest BCUT2D eigenvalue weighted by Crippen LogP contribution is -2.19. The maximum atomic E-state index is 11.8. The number of benzene rings is 2. The quantitative estimate of drug-likeness (QED) is 0.631. The molecule has 0 saturated heterocycles. The maximum absolute atomic E-state index is 11.8. The molecule has 118 valence electrons. The van der Waals surface area contributed by atoms with Crippen LogP contribution in [0.15, 0.2) is 53.6 Å². The van der Waals surface area contributed by atoms with Crippen LogP contribution in [0.4, 0.5) is 0 Å². The average Bonchev–Trinajstić information content (AvgIpc) is 2.56. The number of rotatable bonds is 6. The summed E-state index contributed by atoms with van der Waals surface area (Å²) in [5, 5.41) is 12.6. The largest absolute Gasteiger partial charge is 0.497 e. The van der Waals surface area contributed by atoms with E-state index in [1.807, 2.05) is 12.1 Å². The molecule has 0 fully saturated rings. The third kappa shape index (κ3) is 4.96. The molecule has 0 aliphatic heterocycles. The van der Waals surface area contributed by atoms with Crippen LogP contribution in [0.3, 0.4) is 0 Å². The van der Waals surface area contributed by atoms with Crippen molar-refractivity contribution in [2.45, 2.75) is 6.42 Å². The van der Waals surface area contributed by atoms with Crippen molar-refractivity contribution in [2.24, 2.45) is 5.10 Å². The molecule has 0 bridgehead atoms. The van der Waals surface area contributed by atoms with E-state index < -0.39 is 5.97 Å². The molecule has 0 spiro atoms. The fourth-order valence-electron chi connectivity index (χ4n) is 1.86. The summed E-state index contributed by atoms with van der Waals surface area (Å²) in [6.45, 7) is 0. The highest BCUT2D eigenvalue weighted by Gasteiger charge is 2.03. The Labute approximate surface area is 133 Å². The SMILES string of the molecule is COc1ccc(CC(=O)N/N=C\c2ccc(C(=O)O)cc2)cc1. The summed E-state index contributed by atoms with van der Waals surface area (Å²) >= 11 is 0. The van der Waals surface area contributed by atoms with Gasteiger partial charge in [0.15, 0.2) is 0 Å². The summed E-state index contributed by atoms with van der Waals surface area (Å²) in [4.78, 5) is 22.5. The standard InChI is InChI=1S/C17H16N2O4/c1-23-15-8-4-12(5-9-15)10-16(20)19-18-11-13-2-6-14(7-3-13)17(21)22/h2-9,11H,10H2,1H3,(H,19,20)(H,21,22)/b18-11-. The number of carboxylic acid groups (broad SMARTS) is 1. The van der Waals surface area contributed by atoms with Crippen LogP contribution in [0.5, 0.6) is 5.75 Å². The van der Waals surface area contributed by atoms with Crippen LogP contribution >= 0.6 is 0 Å². The van der Waals surface area contributed by atoms with Gasteiger partial charge in [-0.2, -0.15) is 5.10 Å². The zero-order valence-electron chi connectivity index (χ0n) is 12.5. The molecule has 23 heavy (non-hydrogen) atoms. The van der Waals surface area contributed by atoms with Crippen molar-refractivity contribution in [1.29, 1.82) is 0 Å². The Bertz CT molecular complexity index is 706. The fourth-order valence-corrected chi connectivity index (χ4v) is 1.86. The summed E-state index contributed by atoms with van der Waals surface area (Å²) in [6, 6.07) is 13.4. The Hall–Kier alpha value is -3.15. The van der Waals surface area contributed by atoms with E-state index in [1.165, 1.54) is 18.3 Å². The van der Waals surface area contributed by atoms with Gasteiger partial charge in [-0.1, -0.05) is 24.3 Å². The van der Waals surface area contributed by atoms with Gasteiger partial charge in [-0.3, -0.25) is 4.79 Å². The lowest BCUT2D eigenvalue weighted by molar-refractivity contribution is -0.120. The van der Waals surface area contributed by atoms with Crippen LogP contribution in [0.1, 0.15) is 21.5 Å². The zero-order chi connectivity index (χ0) is 16.7. The van der Waals surface area contributed by atoms with Crippen molar-refractivity contribution in [3.8, 4) is 5.75 Å². The molecule has 0 radical (unpaired) electrons. The Kier molecular flexibility index (Phi) is 5.46. The summed E-state index contributed by atoms with van der Waals surface area (Å²) in [7, 11) is 1.58. The molecule has 0 unspecified atom stereocenters. The minimum Gasteiger partial charge on any atom is -0.497 e. The third-order valence-electron chi connectivity index (χ3n) is 3.08. The highest BCUT2D eigenvalue weighted by molar-refractivity contribution is 5.89.